The van der Waals surface area contributed by atoms with Crippen molar-refractivity contribution in [2.24, 2.45) is 0 Å². The van der Waals surface area contributed by atoms with Gasteiger partial charge in [0.15, 0.2) is 5.89 Å². The van der Waals surface area contributed by atoms with Gasteiger partial charge in [-0.3, -0.25) is 0 Å². The van der Waals surface area contributed by atoms with Crippen molar-refractivity contribution in [1.82, 2.24) is 9.97 Å². The fraction of sp³-hybridized carbons (Fsp3) is 0.400. The van der Waals surface area contributed by atoms with Gasteiger partial charge in [-0.1, -0.05) is 13.8 Å². The van der Waals surface area contributed by atoms with Crippen LogP contribution in [0, 0.1) is 0 Å². The standard InChI is InChI=1S/C5H7NO.C5H7NS/c2*1-2-5-6-3-4-7-5/h2*3-4H,2H2,1H3. The van der Waals surface area contributed by atoms with Crippen LogP contribution < -0.4 is 0 Å². The Morgan fingerprint density at radius 1 is 1.21 bits per heavy atom. The normalized spacial score (nSPS) is 9.29. The highest BCUT2D eigenvalue weighted by Gasteiger charge is 1.86. The van der Waals surface area contributed by atoms with E-state index < -0.39 is 0 Å². The average molecular weight is 210 g/mol. The van der Waals surface area contributed by atoms with Gasteiger partial charge in [0.2, 0.25) is 0 Å². The number of hydrogen-bond acceptors (Lipinski definition) is 4. The molecule has 0 aliphatic carbocycles. The molecule has 0 aromatic carbocycles. The Hall–Kier alpha value is -1.16. The van der Waals surface area contributed by atoms with E-state index >= 15 is 0 Å². The maximum atomic E-state index is 4.87. The Labute approximate surface area is 87.8 Å². The van der Waals surface area contributed by atoms with E-state index in [0.29, 0.717) is 0 Å². The van der Waals surface area contributed by atoms with Crippen LogP contribution >= 0.6 is 11.3 Å². The number of aryl methyl sites for hydroxylation is 2. The molecule has 0 atom stereocenters. The fourth-order valence-electron chi connectivity index (χ4n) is 0.855. The minimum atomic E-state index is 0.806. The molecule has 2 rings (SSSR count). The third kappa shape index (κ3) is 3.70. The minimum absolute atomic E-state index is 0.806. The first-order valence-electron chi connectivity index (χ1n) is 4.63. The molecule has 0 fully saturated rings. The average Bonchev–Trinajstić information content (AvgIpc) is 2.92. The predicted octanol–water partition coefficient (Wildman–Crippen LogP) is 2.94. The van der Waals surface area contributed by atoms with Crippen molar-refractivity contribution in [2.45, 2.75) is 26.7 Å². The minimum Gasteiger partial charge on any atom is -0.449 e. The molecule has 14 heavy (non-hydrogen) atoms. The number of hydrogen-bond donors (Lipinski definition) is 0. The summed E-state index contributed by atoms with van der Waals surface area (Å²) in [6, 6.07) is 0. The highest BCUT2D eigenvalue weighted by atomic mass is 32.1. The molecule has 0 aliphatic heterocycles. The first-order valence-corrected chi connectivity index (χ1v) is 5.51. The number of oxazole rings is 1. The highest BCUT2D eigenvalue weighted by Crippen LogP contribution is 2.02. The van der Waals surface area contributed by atoms with Crippen molar-refractivity contribution in [3.63, 3.8) is 0 Å². The number of nitrogens with zero attached hydrogens (tertiary/aromatic N) is 2. The molecule has 76 valence electrons. The largest absolute Gasteiger partial charge is 0.449 e. The van der Waals surface area contributed by atoms with Crippen LogP contribution in [0.5, 0.6) is 0 Å². The van der Waals surface area contributed by atoms with E-state index in [1.54, 1.807) is 23.8 Å². The van der Waals surface area contributed by atoms with E-state index in [9.17, 15) is 0 Å². The Morgan fingerprint density at radius 3 is 2.36 bits per heavy atom. The topological polar surface area (TPSA) is 38.9 Å². The smallest absolute Gasteiger partial charge is 0.193 e. The van der Waals surface area contributed by atoms with Crippen LogP contribution in [0.3, 0.4) is 0 Å². The first kappa shape index (κ1) is 10.9. The van der Waals surface area contributed by atoms with Crippen LogP contribution in [0.4, 0.5) is 0 Å². The molecule has 0 saturated heterocycles. The fourth-order valence-corrected chi connectivity index (χ4v) is 1.42. The molecule has 0 bridgehead atoms. The van der Waals surface area contributed by atoms with E-state index in [1.807, 2.05) is 18.5 Å². The molecule has 2 heterocycles. The zero-order valence-corrected chi connectivity index (χ0v) is 9.25. The maximum absolute atomic E-state index is 4.87. The molecular formula is C10H14N2OS. The van der Waals surface area contributed by atoms with Gasteiger partial charge in [0.1, 0.15) is 6.26 Å². The van der Waals surface area contributed by atoms with E-state index in [-0.39, 0.29) is 0 Å². The molecule has 2 aromatic rings. The maximum Gasteiger partial charge on any atom is 0.193 e. The number of thiazole rings is 1. The van der Waals surface area contributed by atoms with Crippen LogP contribution in [0.1, 0.15) is 24.7 Å². The molecule has 0 unspecified atom stereocenters. The number of rotatable bonds is 2. The molecular weight excluding hydrogens is 196 g/mol. The summed E-state index contributed by atoms with van der Waals surface area (Å²) in [6.45, 7) is 4.12. The van der Waals surface area contributed by atoms with Gasteiger partial charge in [-0.25, -0.2) is 9.97 Å². The second-order valence-corrected chi connectivity index (χ2v) is 3.54. The van der Waals surface area contributed by atoms with E-state index in [1.165, 1.54) is 5.01 Å². The van der Waals surface area contributed by atoms with Gasteiger partial charge >= 0.3 is 0 Å². The quantitative estimate of drug-likeness (QED) is 0.765. The molecule has 0 amide bonds. The Morgan fingerprint density at radius 2 is 2.07 bits per heavy atom. The molecule has 0 spiro atoms. The van der Waals surface area contributed by atoms with Gasteiger partial charge in [-0.2, -0.15) is 0 Å². The molecule has 3 nitrogen and oxygen atoms in total. The lowest BCUT2D eigenvalue weighted by molar-refractivity contribution is 0.501. The van der Waals surface area contributed by atoms with Crippen LogP contribution in [-0.4, -0.2) is 9.97 Å². The van der Waals surface area contributed by atoms with Gasteiger partial charge < -0.3 is 4.42 Å². The Kier molecular flexibility index (Phi) is 4.93. The van der Waals surface area contributed by atoms with Crippen molar-refractivity contribution in [2.75, 3.05) is 0 Å². The molecule has 4 heteroatoms. The van der Waals surface area contributed by atoms with Crippen LogP contribution in [-0.2, 0) is 12.8 Å². The summed E-state index contributed by atoms with van der Waals surface area (Å²) in [7, 11) is 0. The third-order valence-corrected chi connectivity index (χ3v) is 2.50. The van der Waals surface area contributed by atoms with Crippen molar-refractivity contribution in [1.29, 1.82) is 0 Å². The van der Waals surface area contributed by atoms with Gasteiger partial charge in [0.25, 0.3) is 0 Å². The van der Waals surface area contributed by atoms with Crippen molar-refractivity contribution < 1.29 is 4.42 Å². The monoisotopic (exact) mass is 210 g/mol. The molecule has 2 aromatic heterocycles. The highest BCUT2D eigenvalue weighted by molar-refractivity contribution is 7.09. The molecule has 0 aliphatic rings. The van der Waals surface area contributed by atoms with Crippen LogP contribution in [0.25, 0.3) is 0 Å². The van der Waals surface area contributed by atoms with Gasteiger partial charge in [0, 0.05) is 18.0 Å². The van der Waals surface area contributed by atoms with E-state index in [0.717, 1.165) is 18.7 Å². The molecule has 0 saturated carbocycles. The Bertz CT molecular complexity index is 282. The third-order valence-electron chi connectivity index (χ3n) is 1.57. The van der Waals surface area contributed by atoms with Gasteiger partial charge in [-0.15, -0.1) is 11.3 Å². The zero-order valence-electron chi connectivity index (χ0n) is 8.43. The summed E-state index contributed by atoms with van der Waals surface area (Å²) in [5.41, 5.74) is 0. The van der Waals surface area contributed by atoms with Crippen molar-refractivity contribution in [3.05, 3.63) is 34.9 Å². The van der Waals surface area contributed by atoms with E-state index in [4.69, 9.17) is 4.42 Å². The predicted molar refractivity (Wildman–Crippen MR) is 57.4 cm³/mol. The summed E-state index contributed by atoms with van der Waals surface area (Å²) >= 11 is 1.71. The lowest BCUT2D eigenvalue weighted by Crippen LogP contribution is -1.73. The Balaban J connectivity index is 0.000000140. The molecule has 0 radical (unpaired) electrons. The summed E-state index contributed by atoms with van der Waals surface area (Å²) in [5.74, 6) is 0.806. The van der Waals surface area contributed by atoms with Crippen molar-refractivity contribution >= 4 is 11.3 Å². The SMILES string of the molecule is CCc1ncco1.CCc1nccs1. The summed E-state index contributed by atoms with van der Waals surface area (Å²) < 4.78 is 4.87. The lowest BCUT2D eigenvalue weighted by Gasteiger charge is -1.77. The van der Waals surface area contributed by atoms with Gasteiger partial charge in [0.05, 0.1) is 11.2 Å². The van der Waals surface area contributed by atoms with Gasteiger partial charge in [-0.05, 0) is 6.42 Å². The number of aromatic nitrogens is 2. The van der Waals surface area contributed by atoms with E-state index in [2.05, 4.69) is 16.9 Å². The van der Waals surface area contributed by atoms with Crippen molar-refractivity contribution in [3.8, 4) is 0 Å². The second-order valence-electron chi connectivity index (χ2n) is 2.56. The summed E-state index contributed by atoms with van der Waals surface area (Å²) in [6.07, 6.45) is 7.02. The summed E-state index contributed by atoms with van der Waals surface area (Å²) in [5, 5.41) is 3.22. The zero-order chi connectivity index (χ0) is 10.2. The van der Waals surface area contributed by atoms with Crippen LogP contribution in [0.15, 0.2) is 28.5 Å². The second kappa shape index (κ2) is 6.32. The first-order chi connectivity index (χ1) is 6.86. The molecule has 0 N–H and O–H groups in total. The van der Waals surface area contributed by atoms with Crippen LogP contribution in [0.2, 0.25) is 0 Å². The summed E-state index contributed by atoms with van der Waals surface area (Å²) in [4.78, 5) is 7.92. The lowest BCUT2D eigenvalue weighted by atomic mass is 10.5.